The maximum atomic E-state index is 6.58. The Morgan fingerprint density at radius 2 is 1.71 bits per heavy atom. The minimum atomic E-state index is 0.649. The molecule has 0 radical (unpaired) electrons. The molecular weight excluding hydrogens is 387 g/mol. The Morgan fingerprint density at radius 1 is 0.929 bits per heavy atom. The molecule has 4 aromatic rings. The van der Waals surface area contributed by atoms with Gasteiger partial charge in [0.1, 0.15) is 0 Å². The van der Waals surface area contributed by atoms with Gasteiger partial charge in [-0.05, 0) is 53.1 Å². The van der Waals surface area contributed by atoms with E-state index in [1.54, 1.807) is 0 Å². The summed E-state index contributed by atoms with van der Waals surface area (Å²) in [7, 11) is 0. The first kappa shape index (κ1) is 17.9. The molecule has 4 heteroatoms. The number of nitrogens with zero attached hydrogens (tertiary/aromatic N) is 2. The molecule has 3 aromatic carbocycles. The number of halogens is 2. The third-order valence-electron chi connectivity index (χ3n) is 5.80. The van der Waals surface area contributed by atoms with Crippen LogP contribution in [0.3, 0.4) is 0 Å². The molecule has 0 N–H and O–H groups in total. The number of rotatable bonds is 2. The van der Waals surface area contributed by atoms with E-state index in [9.17, 15) is 0 Å². The van der Waals surface area contributed by atoms with Crippen LogP contribution in [0.25, 0.3) is 32.9 Å². The van der Waals surface area contributed by atoms with Crippen molar-refractivity contribution in [3.05, 3.63) is 75.8 Å². The standard InChI is InChI=1S/C24H20Cl2N2/c1-2-28-13-12-17-18(14-28)24(23-19(25)8-5-9-20(23)26)27-21-11-10-15-6-3-4-7-16(15)22(17)21/h3-11H,2,12-14H2,1H3. The van der Waals surface area contributed by atoms with Crippen LogP contribution < -0.4 is 0 Å². The van der Waals surface area contributed by atoms with E-state index in [4.69, 9.17) is 28.2 Å². The van der Waals surface area contributed by atoms with Crippen molar-refractivity contribution in [2.75, 3.05) is 13.1 Å². The Balaban J connectivity index is 1.91. The van der Waals surface area contributed by atoms with Gasteiger partial charge >= 0.3 is 0 Å². The average molecular weight is 407 g/mol. The maximum absolute atomic E-state index is 6.58. The minimum Gasteiger partial charge on any atom is -0.299 e. The van der Waals surface area contributed by atoms with E-state index in [0.717, 1.165) is 42.8 Å². The number of hydrogen-bond acceptors (Lipinski definition) is 2. The highest BCUT2D eigenvalue weighted by Gasteiger charge is 2.25. The number of likely N-dealkylation sites (N-methyl/N-ethyl adjacent to an activating group) is 1. The quantitative estimate of drug-likeness (QED) is 0.342. The fourth-order valence-corrected chi connectivity index (χ4v) is 4.95. The van der Waals surface area contributed by atoms with Crippen molar-refractivity contribution in [2.45, 2.75) is 19.9 Å². The van der Waals surface area contributed by atoms with Crippen molar-refractivity contribution < 1.29 is 0 Å². The van der Waals surface area contributed by atoms with E-state index in [0.29, 0.717) is 10.0 Å². The topological polar surface area (TPSA) is 16.1 Å². The fourth-order valence-electron chi connectivity index (χ4n) is 4.37. The zero-order valence-electron chi connectivity index (χ0n) is 15.7. The van der Waals surface area contributed by atoms with Crippen LogP contribution in [0.1, 0.15) is 18.1 Å². The molecule has 0 fully saturated rings. The number of hydrogen-bond donors (Lipinski definition) is 0. The van der Waals surface area contributed by atoms with Crippen molar-refractivity contribution in [3.8, 4) is 11.3 Å². The highest BCUT2D eigenvalue weighted by Crippen LogP contribution is 2.41. The first-order valence-corrected chi connectivity index (χ1v) is 10.4. The summed E-state index contributed by atoms with van der Waals surface area (Å²) in [6.45, 7) is 5.15. The van der Waals surface area contributed by atoms with Crippen LogP contribution in [0, 0.1) is 0 Å². The van der Waals surface area contributed by atoms with Gasteiger partial charge in [0.2, 0.25) is 0 Å². The molecule has 0 saturated heterocycles. The molecule has 0 amide bonds. The van der Waals surface area contributed by atoms with Crippen molar-refractivity contribution in [1.29, 1.82) is 0 Å². The summed E-state index contributed by atoms with van der Waals surface area (Å²) in [5.74, 6) is 0. The molecule has 28 heavy (non-hydrogen) atoms. The lowest BCUT2D eigenvalue weighted by molar-refractivity contribution is 0.269. The lowest BCUT2D eigenvalue weighted by Crippen LogP contribution is -2.31. The number of aromatic nitrogens is 1. The molecule has 0 aliphatic carbocycles. The van der Waals surface area contributed by atoms with Crippen LogP contribution in [0.15, 0.2) is 54.6 Å². The second kappa shape index (κ2) is 7.04. The number of fused-ring (bicyclic) bond motifs is 5. The van der Waals surface area contributed by atoms with Gasteiger partial charge in [0, 0.05) is 24.0 Å². The second-order valence-corrected chi connectivity index (χ2v) is 8.13. The number of pyridine rings is 1. The molecule has 0 bridgehead atoms. The molecule has 2 heterocycles. The predicted octanol–water partition coefficient (Wildman–Crippen LogP) is 6.74. The van der Waals surface area contributed by atoms with Crippen molar-refractivity contribution >= 4 is 44.9 Å². The normalized spacial score (nSPS) is 14.5. The maximum Gasteiger partial charge on any atom is 0.0787 e. The summed E-state index contributed by atoms with van der Waals surface area (Å²) < 4.78 is 0. The van der Waals surface area contributed by atoms with Gasteiger partial charge in [-0.3, -0.25) is 4.90 Å². The van der Waals surface area contributed by atoms with Crippen LogP contribution in [0.5, 0.6) is 0 Å². The zero-order chi connectivity index (χ0) is 19.3. The van der Waals surface area contributed by atoms with Crippen molar-refractivity contribution in [2.24, 2.45) is 0 Å². The summed E-state index contributed by atoms with van der Waals surface area (Å²) in [4.78, 5) is 7.56. The van der Waals surface area contributed by atoms with Gasteiger partial charge in [-0.2, -0.15) is 0 Å². The monoisotopic (exact) mass is 406 g/mol. The molecule has 1 aromatic heterocycles. The molecule has 1 aliphatic rings. The van der Waals surface area contributed by atoms with E-state index in [-0.39, 0.29) is 0 Å². The van der Waals surface area contributed by atoms with Crippen LogP contribution in [0.2, 0.25) is 10.0 Å². The molecule has 0 saturated carbocycles. The number of benzene rings is 3. The fraction of sp³-hybridized carbons (Fsp3) is 0.208. The van der Waals surface area contributed by atoms with Crippen molar-refractivity contribution in [3.63, 3.8) is 0 Å². The molecule has 0 atom stereocenters. The zero-order valence-corrected chi connectivity index (χ0v) is 17.2. The first-order chi connectivity index (χ1) is 13.7. The van der Waals surface area contributed by atoms with Gasteiger partial charge in [0.15, 0.2) is 0 Å². The molecule has 140 valence electrons. The van der Waals surface area contributed by atoms with E-state index in [1.807, 2.05) is 18.2 Å². The van der Waals surface area contributed by atoms with Crippen LogP contribution in [-0.4, -0.2) is 23.0 Å². The SMILES string of the molecule is CCN1CCc2c(c(-c3c(Cl)cccc3Cl)nc3ccc4ccccc4c23)C1. The van der Waals surface area contributed by atoms with E-state index in [2.05, 4.69) is 48.2 Å². The van der Waals surface area contributed by atoms with Crippen LogP contribution in [-0.2, 0) is 13.0 Å². The Morgan fingerprint density at radius 3 is 2.50 bits per heavy atom. The Labute approximate surface area is 174 Å². The lowest BCUT2D eigenvalue weighted by Gasteiger charge is -2.30. The summed E-state index contributed by atoms with van der Waals surface area (Å²) in [5.41, 5.74) is 5.42. The molecular formula is C24H20Cl2N2. The summed E-state index contributed by atoms with van der Waals surface area (Å²) in [5, 5.41) is 5.09. The Kier molecular flexibility index (Phi) is 4.51. The second-order valence-electron chi connectivity index (χ2n) is 7.31. The van der Waals surface area contributed by atoms with E-state index in [1.165, 1.54) is 27.3 Å². The minimum absolute atomic E-state index is 0.649. The third-order valence-corrected chi connectivity index (χ3v) is 6.43. The molecule has 5 rings (SSSR count). The third kappa shape index (κ3) is 2.79. The van der Waals surface area contributed by atoms with Crippen LogP contribution >= 0.6 is 23.2 Å². The Hall–Kier alpha value is -2.13. The highest BCUT2D eigenvalue weighted by molar-refractivity contribution is 6.39. The van der Waals surface area contributed by atoms with Gasteiger partial charge in [0.25, 0.3) is 0 Å². The van der Waals surface area contributed by atoms with Gasteiger partial charge in [-0.15, -0.1) is 0 Å². The van der Waals surface area contributed by atoms with E-state index >= 15 is 0 Å². The summed E-state index contributed by atoms with van der Waals surface area (Å²) in [6.07, 6.45) is 1.01. The molecule has 2 nitrogen and oxygen atoms in total. The first-order valence-electron chi connectivity index (χ1n) is 9.67. The smallest absolute Gasteiger partial charge is 0.0787 e. The van der Waals surface area contributed by atoms with Gasteiger partial charge in [0.05, 0.1) is 21.3 Å². The van der Waals surface area contributed by atoms with Gasteiger partial charge < -0.3 is 0 Å². The lowest BCUT2D eigenvalue weighted by atomic mass is 9.89. The largest absolute Gasteiger partial charge is 0.299 e. The highest BCUT2D eigenvalue weighted by atomic mass is 35.5. The van der Waals surface area contributed by atoms with Crippen molar-refractivity contribution in [1.82, 2.24) is 9.88 Å². The van der Waals surface area contributed by atoms with Gasteiger partial charge in [-0.1, -0.05) is 66.5 Å². The van der Waals surface area contributed by atoms with E-state index < -0.39 is 0 Å². The molecule has 0 unspecified atom stereocenters. The van der Waals surface area contributed by atoms with Gasteiger partial charge in [-0.25, -0.2) is 4.98 Å². The summed E-state index contributed by atoms with van der Waals surface area (Å²) in [6, 6.07) is 18.5. The molecule has 0 spiro atoms. The van der Waals surface area contributed by atoms with Crippen LogP contribution in [0.4, 0.5) is 0 Å². The predicted molar refractivity (Wildman–Crippen MR) is 119 cm³/mol. The molecule has 1 aliphatic heterocycles. The Bertz CT molecular complexity index is 1200. The summed E-state index contributed by atoms with van der Waals surface area (Å²) >= 11 is 13.2. The average Bonchev–Trinajstić information content (AvgIpc) is 2.72.